The van der Waals surface area contributed by atoms with Crippen LogP contribution in [0, 0.1) is 6.92 Å². The van der Waals surface area contributed by atoms with E-state index in [4.69, 9.17) is 4.99 Å². The fourth-order valence-electron chi connectivity index (χ4n) is 4.07. The van der Waals surface area contributed by atoms with Gasteiger partial charge in [-0.3, -0.25) is 4.99 Å². The van der Waals surface area contributed by atoms with E-state index >= 15 is 0 Å². The first-order chi connectivity index (χ1) is 13.2. The normalized spacial score (nSPS) is 16.2. The van der Waals surface area contributed by atoms with Crippen LogP contribution < -0.4 is 10.6 Å². The molecule has 28 heavy (non-hydrogen) atoms. The SMILES string of the molecule is CCCN1CCC(NC(=NCCc2c[nH]c3cccc(C)c23)NCC)CC1.I. The highest BCUT2D eigenvalue weighted by Gasteiger charge is 2.19. The molecule has 0 bridgehead atoms. The van der Waals surface area contributed by atoms with E-state index in [1.54, 1.807) is 0 Å². The first-order valence-corrected chi connectivity index (χ1v) is 10.5. The Morgan fingerprint density at radius 2 is 2.04 bits per heavy atom. The lowest BCUT2D eigenvalue weighted by molar-refractivity contribution is 0.206. The summed E-state index contributed by atoms with van der Waals surface area (Å²) >= 11 is 0. The van der Waals surface area contributed by atoms with Crippen LogP contribution in [0.3, 0.4) is 0 Å². The number of aromatic nitrogens is 1. The third kappa shape index (κ3) is 6.11. The highest BCUT2D eigenvalue weighted by Crippen LogP contribution is 2.22. The Labute approximate surface area is 186 Å². The molecule has 2 heterocycles. The van der Waals surface area contributed by atoms with Crippen molar-refractivity contribution < 1.29 is 0 Å². The largest absolute Gasteiger partial charge is 0.361 e. The van der Waals surface area contributed by atoms with Gasteiger partial charge in [0.1, 0.15) is 0 Å². The number of fused-ring (bicyclic) bond motifs is 1. The van der Waals surface area contributed by atoms with Crippen molar-refractivity contribution in [1.29, 1.82) is 0 Å². The molecule has 5 nitrogen and oxygen atoms in total. The predicted octanol–water partition coefficient (Wildman–Crippen LogP) is 4.07. The molecule has 3 rings (SSSR count). The summed E-state index contributed by atoms with van der Waals surface area (Å²) in [6.07, 6.45) is 6.74. The molecule has 3 N–H and O–H groups in total. The highest BCUT2D eigenvalue weighted by molar-refractivity contribution is 14.0. The van der Waals surface area contributed by atoms with Crippen molar-refractivity contribution in [2.24, 2.45) is 4.99 Å². The van der Waals surface area contributed by atoms with E-state index < -0.39 is 0 Å². The van der Waals surface area contributed by atoms with E-state index in [2.05, 4.69) is 65.7 Å². The quantitative estimate of drug-likeness (QED) is 0.307. The number of guanidine groups is 1. The summed E-state index contributed by atoms with van der Waals surface area (Å²) in [4.78, 5) is 10.8. The van der Waals surface area contributed by atoms with Gasteiger partial charge in [0, 0.05) is 49.3 Å². The number of benzene rings is 1. The first kappa shape index (κ1) is 23.0. The van der Waals surface area contributed by atoms with Crippen LogP contribution in [0.1, 0.15) is 44.2 Å². The number of aryl methyl sites for hydroxylation is 1. The number of aliphatic imine (C=N–C) groups is 1. The fourth-order valence-corrected chi connectivity index (χ4v) is 4.07. The summed E-state index contributed by atoms with van der Waals surface area (Å²) in [6.45, 7) is 11.9. The maximum Gasteiger partial charge on any atom is 0.191 e. The summed E-state index contributed by atoms with van der Waals surface area (Å²) in [5.74, 6) is 0.961. The minimum absolute atomic E-state index is 0. The molecule has 0 aliphatic carbocycles. The van der Waals surface area contributed by atoms with Gasteiger partial charge in [-0.15, -0.1) is 24.0 Å². The van der Waals surface area contributed by atoms with Crippen molar-refractivity contribution in [3.05, 3.63) is 35.5 Å². The second kappa shape index (κ2) is 11.7. The lowest BCUT2D eigenvalue weighted by atomic mass is 10.1. The number of likely N-dealkylation sites (tertiary alicyclic amines) is 1. The summed E-state index contributed by atoms with van der Waals surface area (Å²) in [5, 5.41) is 8.42. The summed E-state index contributed by atoms with van der Waals surface area (Å²) in [5.41, 5.74) is 3.91. The summed E-state index contributed by atoms with van der Waals surface area (Å²) in [7, 11) is 0. The second-order valence-corrected chi connectivity index (χ2v) is 7.58. The molecular weight excluding hydrogens is 461 g/mol. The van der Waals surface area contributed by atoms with E-state index in [0.717, 1.165) is 25.5 Å². The Bertz CT molecular complexity index is 746. The summed E-state index contributed by atoms with van der Waals surface area (Å²) < 4.78 is 0. The fraction of sp³-hybridized carbons (Fsp3) is 0.591. The number of piperidine rings is 1. The minimum Gasteiger partial charge on any atom is -0.361 e. The standard InChI is InChI=1S/C22H35N5.HI/c1-4-13-27-14-10-19(11-15-27)26-22(23-5-2)24-12-9-18-16-25-20-8-6-7-17(3)21(18)20;/h6-8,16,19,25H,4-5,9-15H2,1-3H3,(H2,23,24,26);1H. The van der Waals surface area contributed by atoms with Crippen LogP contribution >= 0.6 is 24.0 Å². The number of rotatable bonds is 7. The molecule has 2 aromatic rings. The van der Waals surface area contributed by atoms with E-state index in [9.17, 15) is 0 Å². The molecule has 1 aliphatic rings. The number of hydrogen-bond acceptors (Lipinski definition) is 2. The van der Waals surface area contributed by atoms with Crippen molar-refractivity contribution in [3.63, 3.8) is 0 Å². The van der Waals surface area contributed by atoms with Crippen LogP contribution in [0.2, 0.25) is 0 Å². The molecule has 0 saturated carbocycles. The first-order valence-electron chi connectivity index (χ1n) is 10.5. The van der Waals surface area contributed by atoms with E-state index in [0.29, 0.717) is 6.04 Å². The predicted molar refractivity (Wildman–Crippen MR) is 131 cm³/mol. The van der Waals surface area contributed by atoms with Crippen molar-refractivity contribution in [1.82, 2.24) is 20.5 Å². The topological polar surface area (TPSA) is 55.5 Å². The molecule has 0 spiro atoms. The van der Waals surface area contributed by atoms with Crippen molar-refractivity contribution in [2.45, 2.75) is 52.5 Å². The van der Waals surface area contributed by atoms with Gasteiger partial charge in [-0.2, -0.15) is 0 Å². The Kier molecular flexibility index (Phi) is 9.58. The number of H-pyrrole nitrogens is 1. The minimum atomic E-state index is 0. The van der Waals surface area contributed by atoms with Gasteiger partial charge in [0.15, 0.2) is 5.96 Å². The molecule has 0 amide bonds. The molecule has 1 saturated heterocycles. The number of nitrogens with one attached hydrogen (secondary N) is 3. The van der Waals surface area contributed by atoms with Crippen LogP contribution in [-0.4, -0.2) is 54.6 Å². The Hall–Kier alpha value is -1.28. The average Bonchev–Trinajstić information content (AvgIpc) is 3.08. The molecule has 0 radical (unpaired) electrons. The molecule has 1 aliphatic heterocycles. The molecule has 156 valence electrons. The van der Waals surface area contributed by atoms with Gasteiger partial charge >= 0.3 is 0 Å². The second-order valence-electron chi connectivity index (χ2n) is 7.58. The van der Waals surface area contributed by atoms with Gasteiger partial charge in [0.25, 0.3) is 0 Å². The molecule has 0 unspecified atom stereocenters. The van der Waals surface area contributed by atoms with Gasteiger partial charge < -0.3 is 20.5 Å². The van der Waals surface area contributed by atoms with Gasteiger partial charge in [-0.05, 0) is 63.3 Å². The van der Waals surface area contributed by atoms with Crippen LogP contribution in [0.25, 0.3) is 10.9 Å². The van der Waals surface area contributed by atoms with Crippen LogP contribution in [-0.2, 0) is 6.42 Å². The zero-order valence-electron chi connectivity index (χ0n) is 17.6. The Balaban J connectivity index is 0.00000280. The molecule has 1 aromatic heterocycles. The third-order valence-electron chi connectivity index (χ3n) is 5.46. The Morgan fingerprint density at radius 3 is 2.75 bits per heavy atom. The average molecular weight is 497 g/mol. The van der Waals surface area contributed by atoms with Crippen LogP contribution in [0.5, 0.6) is 0 Å². The molecule has 6 heteroatoms. The van der Waals surface area contributed by atoms with Gasteiger partial charge in [0.05, 0.1) is 0 Å². The third-order valence-corrected chi connectivity index (χ3v) is 5.46. The summed E-state index contributed by atoms with van der Waals surface area (Å²) in [6, 6.07) is 6.96. The number of nitrogens with zero attached hydrogens (tertiary/aromatic N) is 2. The van der Waals surface area contributed by atoms with Crippen LogP contribution in [0.4, 0.5) is 0 Å². The molecule has 1 fully saturated rings. The Morgan fingerprint density at radius 1 is 1.25 bits per heavy atom. The smallest absolute Gasteiger partial charge is 0.191 e. The number of aromatic amines is 1. The van der Waals surface area contributed by atoms with Gasteiger partial charge in [0.2, 0.25) is 0 Å². The van der Waals surface area contributed by atoms with Gasteiger partial charge in [-0.25, -0.2) is 0 Å². The highest BCUT2D eigenvalue weighted by atomic mass is 127. The van der Waals surface area contributed by atoms with Crippen molar-refractivity contribution >= 4 is 40.8 Å². The zero-order chi connectivity index (χ0) is 19.1. The monoisotopic (exact) mass is 497 g/mol. The maximum atomic E-state index is 4.84. The molecule has 0 atom stereocenters. The number of halogens is 1. The lowest BCUT2D eigenvalue weighted by Crippen LogP contribution is -2.48. The molecular formula is C22H36IN5. The lowest BCUT2D eigenvalue weighted by Gasteiger charge is -2.32. The van der Waals surface area contributed by atoms with E-state index in [1.807, 2.05) is 0 Å². The zero-order valence-corrected chi connectivity index (χ0v) is 19.9. The van der Waals surface area contributed by atoms with Crippen molar-refractivity contribution in [3.8, 4) is 0 Å². The van der Waals surface area contributed by atoms with E-state index in [1.165, 1.54) is 60.9 Å². The van der Waals surface area contributed by atoms with Crippen molar-refractivity contribution in [2.75, 3.05) is 32.7 Å². The maximum absolute atomic E-state index is 4.84. The van der Waals surface area contributed by atoms with Gasteiger partial charge in [-0.1, -0.05) is 19.1 Å². The molecule has 1 aromatic carbocycles. The van der Waals surface area contributed by atoms with Crippen LogP contribution in [0.15, 0.2) is 29.4 Å². The van der Waals surface area contributed by atoms with E-state index in [-0.39, 0.29) is 24.0 Å². The number of hydrogen-bond donors (Lipinski definition) is 3.